The van der Waals surface area contributed by atoms with Crippen molar-refractivity contribution < 1.29 is 9.53 Å². The number of aromatic nitrogens is 2. The zero-order chi connectivity index (χ0) is 21.0. The molecule has 0 saturated heterocycles. The third-order valence-electron chi connectivity index (χ3n) is 4.00. The summed E-state index contributed by atoms with van der Waals surface area (Å²) in [6.45, 7) is 3.72. The normalized spacial score (nSPS) is 10.7. The first-order valence-electron chi connectivity index (χ1n) is 9.03. The number of amides is 1. The summed E-state index contributed by atoms with van der Waals surface area (Å²) in [6, 6.07) is 13.6. The van der Waals surface area contributed by atoms with E-state index < -0.39 is 5.56 Å². The van der Waals surface area contributed by atoms with Crippen LogP contribution in [-0.4, -0.2) is 28.8 Å². The summed E-state index contributed by atoms with van der Waals surface area (Å²) in [6.07, 6.45) is 1.33. The number of nitrogens with zero attached hydrogens (tertiary/aromatic N) is 2. The van der Waals surface area contributed by atoms with E-state index in [4.69, 9.17) is 16.3 Å². The number of benzene rings is 2. The van der Waals surface area contributed by atoms with Crippen molar-refractivity contribution >= 4 is 28.9 Å². The number of rotatable bonds is 6. The molecule has 150 valence electrons. The van der Waals surface area contributed by atoms with E-state index >= 15 is 0 Å². The molecular formula is C21H21ClN4O3. The minimum absolute atomic E-state index is 0.152. The molecule has 0 fully saturated rings. The third kappa shape index (κ3) is 4.75. The van der Waals surface area contributed by atoms with Crippen LogP contribution >= 0.6 is 11.6 Å². The molecule has 0 bridgehead atoms. The van der Waals surface area contributed by atoms with Gasteiger partial charge in [0.05, 0.1) is 18.0 Å². The number of carbonyl (C=O) groups is 1. The van der Waals surface area contributed by atoms with Crippen LogP contribution in [0.5, 0.6) is 5.75 Å². The van der Waals surface area contributed by atoms with Gasteiger partial charge in [-0.2, -0.15) is 9.78 Å². The first-order chi connectivity index (χ1) is 13.9. The van der Waals surface area contributed by atoms with Crippen molar-refractivity contribution in [1.29, 1.82) is 0 Å². The standard InChI is InChI=1S/C21H21ClN4O3/c1-13(2)29-18-12-24-26(17-9-7-15(22)8-10-17)21(28)19(18)25-16-6-4-5-14(11-16)20(27)23-3/h4-13,25H,1-3H3,(H,23,27). The average molecular weight is 413 g/mol. The van der Waals surface area contributed by atoms with Crippen molar-refractivity contribution in [3.05, 3.63) is 75.7 Å². The first-order valence-corrected chi connectivity index (χ1v) is 9.41. The maximum absolute atomic E-state index is 13.2. The number of nitrogens with one attached hydrogen (secondary N) is 2. The maximum Gasteiger partial charge on any atom is 0.299 e. The predicted octanol–water partition coefficient (Wildman–Crippen LogP) is 3.78. The summed E-state index contributed by atoms with van der Waals surface area (Å²) < 4.78 is 7.03. The summed E-state index contributed by atoms with van der Waals surface area (Å²) in [4.78, 5) is 25.1. The first kappa shape index (κ1) is 20.4. The average Bonchev–Trinajstić information content (AvgIpc) is 2.71. The van der Waals surface area contributed by atoms with Crippen molar-refractivity contribution in [3.8, 4) is 11.4 Å². The minimum atomic E-state index is -0.393. The van der Waals surface area contributed by atoms with Crippen molar-refractivity contribution in [2.75, 3.05) is 12.4 Å². The maximum atomic E-state index is 13.2. The predicted molar refractivity (Wildman–Crippen MR) is 114 cm³/mol. The fourth-order valence-electron chi connectivity index (χ4n) is 2.69. The summed E-state index contributed by atoms with van der Waals surface area (Å²) in [5.74, 6) is 0.0983. The number of hydrogen-bond acceptors (Lipinski definition) is 5. The van der Waals surface area contributed by atoms with Gasteiger partial charge in [-0.05, 0) is 56.3 Å². The van der Waals surface area contributed by atoms with Gasteiger partial charge in [0.2, 0.25) is 0 Å². The minimum Gasteiger partial charge on any atom is -0.487 e. The Morgan fingerprint density at radius 1 is 1.17 bits per heavy atom. The monoisotopic (exact) mass is 412 g/mol. The second kappa shape index (κ2) is 8.79. The summed E-state index contributed by atoms with van der Waals surface area (Å²) in [5, 5.41) is 10.4. The molecule has 3 aromatic rings. The molecule has 1 aromatic heterocycles. The summed E-state index contributed by atoms with van der Waals surface area (Å²) >= 11 is 5.94. The topological polar surface area (TPSA) is 85.2 Å². The Labute approximate surface area is 173 Å². The SMILES string of the molecule is CNC(=O)c1cccc(Nc2c(OC(C)C)cnn(-c3ccc(Cl)cc3)c2=O)c1. The van der Waals surface area contributed by atoms with Crippen LogP contribution in [-0.2, 0) is 0 Å². The van der Waals surface area contributed by atoms with Gasteiger partial charge >= 0.3 is 0 Å². The van der Waals surface area contributed by atoms with Crippen LogP contribution < -0.4 is 20.9 Å². The molecule has 0 spiro atoms. The molecule has 1 heterocycles. The summed E-state index contributed by atoms with van der Waals surface area (Å²) in [7, 11) is 1.56. The Balaban J connectivity index is 2.07. The molecule has 0 atom stereocenters. The molecule has 8 heteroatoms. The van der Waals surface area contributed by atoms with Crippen molar-refractivity contribution in [3.63, 3.8) is 0 Å². The van der Waals surface area contributed by atoms with Gasteiger partial charge in [0.15, 0.2) is 11.4 Å². The van der Waals surface area contributed by atoms with Crippen LogP contribution in [0.15, 0.2) is 59.5 Å². The highest BCUT2D eigenvalue weighted by molar-refractivity contribution is 6.30. The van der Waals surface area contributed by atoms with E-state index in [1.165, 1.54) is 10.9 Å². The van der Waals surface area contributed by atoms with Gasteiger partial charge < -0.3 is 15.4 Å². The van der Waals surface area contributed by atoms with Crippen LogP contribution in [0.2, 0.25) is 5.02 Å². The van der Waals surface area contributed by atoms with Gasteiger partial charge in [0, 0.05) is 23.3 Å². The smallest absolute Gasteiger partial charge is 0.299 e. The molecule has 29 heavy (non-hydrogen) atoms. The van der Waals surface area contributed by atoms with Crippen LogP contribution in [0, 0.1) is 0 Å². The van der Waals surface area contributed by atoms with Crippen LogP contribution in [0.1, 0.15) is 24.2 Å². The van der Waals surface area contributed by atoms with E-state index in [0.29, 0.717) is 27.7 Å². The lowest BCUT2D eigenvalue weighted by molar-refractivity contribution is 0.0963. The number of hydrogen-bond donors (Lipinski definition) is 2. The molecule has 2 aromatic carbocycles. The molecule has 1 amide bonds. The molecular weight excluding hydrogens is 392 g/mol. The van der Waals surface area contributed by atoms with Crippen LogP contribution in [0.3, 0.4) is 0 Å². The molecule has 0 radical (unpaired) electrons. The highest BCUT2D eigenvalue weighted by atomic mass is 35.5. The van der Waals surface area contributed by atoms with Gasteiger partial charge in [-0.15, -0.1) is 0 Å². The number of halogens is 1. The van der Waals surface area contributed by atoms with Crippen molar-refractivity contribution in [2.24, 2.45) is 0 Å². The molecule has 0 aliphatic heterocycles. The van der Waals surface area contributed by atoms with Gasteiger partial charge in [0.1, 0.15) is 0 Å². The Kier molecular flexibility index (Phi) is 6.19. The molecule has 0 saturated carbocycles. The highest BCUT2D eigenvalue weighted by Gasteiger charge is 2.16. The third-order valence-corrected chi connectivity index (χ3v) is 4.25. The van der Waals surface area contributed by atoms with Crippen molar-refractivity contribution in [1.82, 2.24) is 15.1 Å². The van der Waals surface area contributed by atoms with E-state index in [-0.39, 0.29) is 17.7 Å². The Morgan fingerprint density at radius 3 is 2.55 bits per heavy atom. The summed E-state index contributed by atoms with van der Waals surface area (Å²) in [5.41, 5.74) is 1.44. The number of ether oxygens (including phenoxy) is 1. The molecule has 3 rings (SSSR count). The van der Waals surface area contributed by atoms with Crippen molar-refractivity contribution in [2.45, 2.75) is 20.0 Å². The molecule has 0 aliphatic carbocycles. The highest BCUT2D eigenvalue weighted by Crippen LogP contribution is 2.25. The number of carbonyl (C=O) groups excluding carboxylic acids is 1. The van der Waals surface area contributed by atoms with E-state index in [2.05, 4.69) is 15.7 Å². The zero-order valence-electron chi connectivity index (χ0n) is 16.3. The molecule has 0 unspecified atom stereocenters. The van der Waals surface area contributed by atoms with E-state index in [0.717, 1.165) is 0 Å². The lowest BCUT2D eigenvalue weighted by Crippen LogP contribution is -2.25. The lowest BCUT2D eigenvalue weighted by atomic mass is 10.2. The largest absolute Gasteiger partial charge is 0.487 e. The van der Waals surface area contributed by atoms with Crippen LogP contribution in [0.4, 0.5) is 11.4 Å². The van der Waals surface area contributed by atoms with E-state index in [1.54, 1.807) is 55.6 Å². The van der Waals surface area contributed by atoms with Gasteiger partial charge in [-0.1, -0.05) is 17.7 Å². The Morgan fingerprint density at radius 2 is 1.90 bits per heavy atom. The van der Waals surface area contributed by atoms with Crippen LogP contribution in [0.25, 0.3) is 5.69 Å². The van der Waals surface area contributed by atoms with E-state index in [9.17, 15) is 9.59 Å². The lowest BCUT2D eigenvalue weighted by Gasteiger charge is -2.16. The van der Waals surface area contributed by atoms with E-state index in [1.807, 2.05) is 13.8 Å². The molecule has 0 aliphatic rings. The zero-order valence-corrected chi connectivity index (χ0v) is 17.0. The molecule has 7 nitrogen and oxygen atoms in total. The van der Waals surface area contributed by atoms with Gasteiger partial charge in [-0.25, -0.2) is 0 Å². The number of anilines is 2. The Bertz CT molecular complexity index is 1080. The fraction of sp³-hybridized carbons (Fsp3) is 0.190. The fourth-order valence-corrected chi connectivity index (χ4v) is 2.82. The van der Waals surface area contributed by atoms with Gasteiger partial charge in [-0.3, -0.25) is 9.59 Å². The second-order valence-electron chi connectivity index (χ2n) is 6.53. The van der Waals surface area contributed by atoms with Gasteiger partial charge in [0.25, 0.3) is 11.5 Å². The second-order valence-corrected chi connectivity index (χ2v) is 6.97. The quantitative estimate of drug-likeness (QED) is 0.643. The Hall–Kier alpha value is -3.32. The molecule has 2 N–H and O–H groups in total.